The molecule has 1 aliphatic carbocycles. The van der Waals surface area contributed by atoms with E-state index in [0.717, 1.165) is 0 Å². The first-order chi connectivity index (χ1) is 13.1. The minimum Gasteiger partial charge on any atom is -0.427 e. The molecule has 0 spiro atoms. The second-order valence-electron chi connectivity index (χ2n) is 6.27. The van der Waals surface area contributed by atoms with E-state index in [4.69, 9.17) is 4.74 Å². The summed E-state index contributed by atoms with van der Waals surface area (Å²) < 4.78 is 6.73. The molecule has 0 N–H and O–H groups in total. The highest BCUT2D eigenvalue weighted by atomic mass is 16.5. The fourth-order valence-corrected chi connectivity index (χ4v) is 3.12. The van der Waals surface area contributed by atoms with E-state index >= 15 is 0 Å². The van der Waals surface area contributed by atoms with Crippen LogP contribution in [0.1, 0.15) is 29.6 Å². The van der Waals surface area contributed by atoms with Crippen LogP contribution in [0.5, 0.6) is 0 Å². The van der Waals surface area contributed by atoms with Crippen LogP contribution in [-0.2, 0) is 9.53 Å². The zero-order valence-corrected chi connectivity index (χ0v) is 14.4. The van der Waals surface area contributed by atoms with Crippen molar-refractivity contribution in [1.29, 1.82) is 0 Å². The summed E-state index contributed by atoms with van der Waals surface area (Å²) in [6, 6.07) is 14.0. The topological polar surface area (TPSA) is 78.3 Å². The van der Waals surface area contributed by atoms with E-state index < -0.39 is 11.5 Å². The van der Waals surface area contributed by atoms with Crippen molar-refractivity contribution in [3.8, 4) is 5.69 Å². The van der Waals surface area contributed by atoms with Gasteiger partial charge in [-0.15, -0.1) is 0 Å². The Balaban J connectivity index is 1.84. The molecule has 2 heterocycles. The van der Waals surface area contributed by atoms with Gasteiger partial charge >= 0.3 is 5.97 Å². The molecular formula is C21H16N2O4. The van der Waals surface area contributed by atoms with Crippen LogP contribution in [-0.4, -0.2) is 21.3 Å². The maximum absolute atomic E-state index is 13.1. The van der Waals surface area contributed by atoms with Gasteiger partial charge < -0.3 is 4.74 Å². The molecule has 0 saturated carbocycles. The van der Waals surface area contributed by atoms with Crippen LogP contribution in [0.3, 0.4) is 0 Å². The van der Waals surface area contributed by atoms with Crippen molar-refractivity contribution in [2.75, 3.05) is 0 Å². The van der Waals surface area contributed by atoms with Gasteiger partial charge in [0.05, 0.1) is 5.69 Å². The van der Waals surface area contributed by atoms with Crippen LogP contribution in [0.4, 0.5) is 0 Å². The van der Waals surface area contributed by atoms with Crippen molar-refractivity contribution in [2.45, 2.75) is 19.3 Å². The number of rotatable bonds is 3. The summed E-state index contributed by atoms with van der Waals surface area (Å²) in [5.41, 5.74) is 0.448. The molecular weight excluding hydrogens is 344 g/mol. The van der Waals surface area contributed by atoms with E-state index in [2.05, 4.69) is 4.98 Å². The molecule has 1 aliphatic rings. The lowest BCUT2D eigenvalue weighted by molar-refractivity contribution is -0.115. The third-order valence-corrected chi connectivity index (χ3v) is 4.39. The standard InChI is InChI=1S/C21H16N2O4/c24-16-9-4-10-17(13-16)27-21(26)18-12-14-6-5-11-22-19(14)23(20(18)25)15-7-2-1-3-8-15/h1-3,5-8,11-13H,4,9-10H2. The van der Waals surface area contributed by atoms with Crippen molar-refractivity contribution in [3.05, 3.63) is 82.5 Å². The normalized spacial score (nSPS) is 14.1. The molecule has 4 rings (SSSR count). The van der Waals surface area contributed by atoms with Gasteiger partial charge in [-0.1, -0.05) is 18.2 Å². The molecule has 134 valence electrons. The fraction of sp³-hybridized carbons (Fsp3) is 0.143. The number of para-hydroxylation sites is 1. The summed E-state index contributed by atoms with van der Waals surface area (Å²) in [7, 11) is 0. The van der Waals surface area contributed by atoms with Gasteiger partial charge in [-0.3, -0.25) is 14.2 Å². The number of aromatic nitrogens is 2. The largest absolute Gasteiger partial charge is 0.427 e. The van der Waals surface area contributed by atoms with Crippen molar-refractivity contribution in [2.24, 2.45) is 0 Å². The summed E-state index contributed by atoms with van der Waals surface area (Å²) in [6.45, 7) is 0. The molecule has 27 heavy (non-hydrogen) atoms. The number of carbonyl (C=O) groups is 2. The predicted molar refractivity (Wildman–Crippen MR) is 99.7 cm³/mol. The second kappa shape index (κ2) is 6.99. The van der Waals surface area contributed by atoms with Crippen LogP contribution in [0.15, 0.2) is 71.4 Å². The molecule has 0 bridgehead atoms. The van der Waals surface area contributed by atoms with Gasteiger partial charge in [0.25, 0.3) is 5.56 Å². The third kappa shape index (κ3) is 3.29. The minimum atomic E-state index is -0.767. The quantitative estimate of drug-likeness (QED) is 0.671. The molecule has 0 unspecified atom stereocenters. The lowest BCUT2D eigenvalue weighted by Gasteiger charge is -2.14. The molecule has 0 aliphatic heterocycles. The molecule has 1 aromatic carbocycles. The van der Waals surface area contributed by atoms with Gasteiger partial charge in [0.15, 0.2) is 5.78 Å². The van der Waals surface area contributed by atoms with E-state index in [9.17, 15) is 14.4 Å². The van der Waals surface area contributed by atoms with Gasteiger partial charge in [0.1, 0.15) is 17.0 Å². The van der Waals surface area contributed by atoms with Crippen molar-refractivity contribution < 1.29 is 14.3 Å². The highest BCUT2D eigenvalue weighted by molar-refractivity contribution is 5.95. The highest BCUT2D eigenvalue weighted by Crippen LogP contribution is 2.20. The van der Waals surface area contributed by atoms with Gasteiger partial charge in [-0.05, 0) is 36.8 Å². The second-order valence-corrected chi connectivity index (χ2v) is 6.27. The summed E-state index contributed by atoms with van der Waals surface area (Å²) >= 11 is 0. The summed E-state index contributed by atoms with van der Waals surface area (Å²) in [5, 5.41) is 0.640. The number of hydrogen-bond acceptors (Lipinski definition) is 5. The number of allylic oxidation sites excluding steroid dienone is 2. The van der Waals surface area contributed by atoms with Crippen LogP contribution < -0.4 is 5.56 Å². The molecule has 0 radical (unpaired) electrons. The Morgan fingerprint density at radius 3 is 2.63 bits per heavy atom. The predicted octanol–water partition coefficient (Wildman–Crippen LogP) is 3.18. The van der Waals surface area contributed by atoms with Crippen LogP contribution in [0.2, 0.25) is 0 Å². The van der Waals surface area contributed by atoms with Gasteiger partial charge in [0, 0.05) is 30.5 Å². The molecule has 0 saturated heterocycles. The molecule has 0 fully saturated rings. The van der Waals surface area contributed by atoms with Crippen LogP contribution in [0.25, 0.3) is 16.7 Å². The number of ketones is 1. The average molecular weight is 360 g/mol. The minimum absolute atomic E-state index is 0.0755. The number of nitrogens with zero attached hydrogens (tertiary/aromatic N) is 2. The highest BCUT2D eigenvalue weighted by Gasteiger charge is 2.21. The molecule has 0 atom stereocenters. The third-order valence-electron chi connectivity index (χ3n) is 4.39. The number of pyridine rings is 2. The number of benzene rings is 1. The van der Waals surface area contributed by atoms with Crippen LogP contribution in [0, 0.1) is 0 Å². The number of hydrogen-bond donors (Lipinski definition) is 0. The SMILES string of the molecule is O=C1C=C(OC(=O)c2cc3cccnc3n(-c3ccccc3)c2=O)CCC1. The first kappa shape index (κ1) is 16.9. The first-order valence-corrected chi connectivity index (χ1v) is 8.65. The van der Waals surface area contributed by atoms with E-state index in [1.54, 1.807) is 42.6 Å². The lowest BCUT2D eigenvalue weighted by Crippen LogP contribution is -2.27. The number of carbonyl (C=O) groups excluding carboxylic acids is 2. The smallest absolute Gasteiger partial charge is 0.348 e. The van der Waals surface area contributed by atoms with Crippen molar-refractivity contribution in [1.82, 2.24) is 9.55 Å². The Kier molecular flexibility index (Phi) is 4.38. The summed E-state index contributed by atoms with van der Waals surface area (Å²) in [4.78, 5) is 41.6. The van der Waals surface area contributed by atoms with Crippen LogP contribution >= 0.6 is 0 Å². The summed E-state index contributed by atoms with van der Waals surface area (Å²) in [6.07, 6.45) is 4.51. The zero-order valence-electron chi connectivity index (χ0n) is 14.4. The zero-order chi connectivity index (χ0) is 18.8. The van der Waals surface area contributed by atoms with Gasteiger partial charge in [-0.2, -0.15) is 0 Å². The maximum atomic E-state index is 13.1. The summed E-state index contributed by atoms with van der Waals surface area (Å²) in [5.74, 6) is -0.543. The van der Waals surface area contributed by atoms with E-state index in [-0.39, 0.29) is 11.3 Å². The Labute approximate surface area is 154 Å². The van der Waals surface area contributed by atoms with E-state index in [1.807, 2.05) is 6.07 Å². The number of fused-ring (bicyclic) bond motifs is 1. The molecule has 3 aromatic rings. The molecule has 2 aromatic heterocycles. The first-order valence-electron chi connectivity index (χ1n) is 8.65. The van der Waals surface area contributed by atoms with Gasteiger partial charge in [-0.25, -0.2) is 9.78 Å². The average Bonchev–Trinajstić information content (AvgIpc) is 2.68. The Morgan fingerprint density at radius 1 is 1.04 bits per heavy atom. The van der Waals surface area contributed by atoms with E-state index in [1.165, 1.54) is 16.7 Å². The van der Waals surface area contributed by atoms with Gasteiger partial charge in [0.2, 0.25) is 0 Å². The number of esters is 1. The Bertz CT molecular complexity index is 1130. The fourth-order valence-electron chi connectivity index (χ4n) is 3.12. The monoisotopic (exact) mass is 360 g/mol. The molecule has 6 nitrogen and oxygen atoms in total. The van der Waals surface area contributed by atoms with Crippen molar-refractivity contribution >= 4 is 22.8 Å². The molecule has 6 heteroatoms. The van der Waals surface area contributed by atoms with Crippen molar-refractivity contribution in [3.63, 3.8) is 0 Å². The Morgan fingerprint density at radius 2 is 1.85 bits per heavy atom. The molecule has 0 amide bonds. The Hall–Kier alpha value is -3.54. The number of ether oxygens (including phenoxy) is 1. The maximum Gasteiger partial charge on any atom is 0.348 e. The van der Waals surface area contributed by atoms with E-state index in [0.29, 0.717) is 41.7 Å². The lowest BCUT2D eigenvalue weighted by atomic mass is 10.1.